The first-order valence-corrected chi connectivity index (χ1v) is 4.92. The smallest absolute Gasteiger partial charge is 0.231 e. The molecule has 1 aliphatic heterocycles. The van der Waals surface area contributed by atoms with Crippen molar-refractivity contribution in [2.45, 2.75) is 25.4 Å². The fourth-order valence-corrected chi connectivity index (χ4v) is 1.68. The minimum atomic E-state index is 0.377. The van der Waals surface area contributed by atoms with E-state index in [1.165, 1.54) is 6.42 Å². The van der Waals surface area contributed by atoms with E-state index < -0.39 is 0 Å². The molecule has 1 atom stereocenters. The zero-order chi connectivity index (χ0) is 9.80. The highest BCUT2D eigenvalue weighted by atomic mass is 16.5. The molecule has 0 bridgehead atoms. The Morgan fingerprint density at radius 2 is 2.57 bits per heavy atom. The summed E-state index contributed by atoms with van der Waals surface area (Å²) in [6, 6.07) is 0. The van der Waals surface area contributed by atoms with E-state index in [-0.39, 0.29) is 0 Å². The fourth-order valence-electron chi connectivity index (χ4n) is 1.68. The molecule has 0 aromatic carbocycles. The number of nitrogens with one attached hydrogen (secondary N) is 1. The summed E-state index contributed by atoms with van der Waals surface area (Å²) in [5.74, 6) is 1.75. The number of rotatable bonds is 3. The van der Waals surface area contributed by atoms with Crippen LogP contribution in [0.25, 0.3) is 0 Å². The highest BCUT2D eigenvalue weighted by molar-refractivity contribution is 4.96. The van der Waals surface area contributed by atoms with Gasteiger partial charge in [-0.2, -0.15) is 4.98 Å². The van der Waals surface area contributed by atoms with Gasteiger partial charge in [0.2, 0.25) is 5.89 Å². The number of piperidine rings is 1. The van der Waals surface area contributed by atoms with Crippen molar-refractivity contribution < 1.29 is 9.26 Å². The van der Waals surface area contributed by atoms with E-state index in [0.29, 0.717) is 18.3 Å². The van der Waals surface area contributed by atoms with E-state index in [0.717, 1.165) is 25.4 Å². The SMILES string of the molecule is COCc1noc([C@H]2CCCNC2)n1. The summed E-state index contributed by atoms with van der Waals surface area (Å²) in [6.45, 7) is 2.45. The van der Waals surface area contributed by atoms with Crippen molar-refractivity contribution in [3.8, 4) is 0 Å². The predicted molar refractivity (Wildman–Crippen MR) is 49.9 cm³/mol. The molecule has 14 heavy (non-hydrogen) atoms. The second-order valence-corrected chi connectivity index (χ2v) is 3.53. The summed E-state index contributed by atoms with van der Waals surface area (Å²) >= 11 is 0. The molecule has 0 spiro atoms. The third-order valence-corrected chi connectivity index (χ3v) is 2.40. The second kappa shape index (κ2) is 4.52. The van der Waals surface area contributed by atoms with Crippen LogP contribution in [0.4, 0.5) is 0 Å². The molecule has 5 heteroatoms. The van der Waals surface area contributed by atoms with Gasteiger partial charge in [-0.15, -0.1) is 0 Å². The molecule has 2 heterocycles. The Kier molecular flexibility index (Phi) is 3.10. The Labute approximate surface area is 82.8 Å². The summed E-state index contributed by atoms with van der Waals surface area (Å²) < 4.78 is 10.1. The van der Waals surface area contributed by atoms with Crippen LogP contribution in [0.15, 0.2) is 4.52 Å². The van der Waals surface area contributed by atoms with Crippen molar-refractivity contribution in [3.05, 3.63) is 11.7 Å². The van der Waals surface area contributed by atoms with Crippen molar-refractivity contribution in [1.29, 1.82) is 0 Å². The highest BCUT2D eigenvalue weighted by Gasteiger charge is 2.20. The van der Waals surface area contributed by atoms with Gasteiger partial charge in [0, 0.05) is 13.7 Å². The van der Waals surface area contributed by atoms with Crippen LogP contribution in [0.1, 0.15) is 30.5 Å². The van der Waals surface area contributed by atoms with Crippen LogP contribution in [-0.2, 0) is 11.3 Å². The number of ether oxygens (including phenoxy) is 1. The molecule has 1 N–H and O–H groups in total. The van der Waals surface area contributed by atoms with Gasteiger partial charge in [0.05, 0.1) is 5.92 Å². The van der Waals surface area contributed by atoms with Crippen molar-refractivity contribution in [2.75, 3.05) is 20.2 Å². The highest BCUT2D eigenvalue weighted by Crippen LogP contribution is 2.21. The van der Waals surface area contributed by atoms with E-state index in [4.69, 9.17) is 9.26 Å². The largest absolute Gasteiger partial charge is 0.377 e. The maximum Gasteiger partial charge on any atom is 0.231 e. The van der Waals surface area contributed by atoms with E-state index in [1.807, 2.05) is 0 Å². The summed E-state index contributed by atoms with van der Waals surface area (Å²) in [6.07, 6.45) is 2.30. The van der Waals surface area contributed by atoms with Crippen LogP contribution < -0.4 is 5.32 Å². The predicted octanol–water partition coefficient (Wildman–Crippen LogP) is 0.683. The molecule has 1 aromatic rings. The molecule has 0 amide bonds. The quantitative estimate of drug-likeness (QED) is 0.772. The third kappa shape index (κ3) is 2.10. The Balaban J connectivity index is 2.00. The number of hydrogen-bond donors (Lipinski definition) is 1. The van der Waals surface area contributed by atoms with E-state index in [1.54, 1.807) is 7.11 Å². The maximum absolute atomic E-state index is 5.18. The van der Waals surface area contributed by atoms with Gasteiger partial charge in [0.1, 0.15) is 6.61 Å². The first-order chi connectivity index (χ1) is 6.90. The molecule has 2 rings (SSSR count). The molecule has 5 nitrogen and oxygen atoms in total. The number of nitrogens with zero attached hydrogens (tertiary/aromatic N) is 2. The second-order valence-electron chi connectivity index (χ2n) is 3.53. The van der Waals surface area contributed by atoms with Gasteiger partial charge in [-0.3, -0.25) is 0 Å². The molecule has 1 aliphatic rings. The molecule has 1 aromatic heterocycles. The van der Waals surface area contributed by atoms with Gasteiger partial charge >= 0.3 is 0 Å². The van der Waals surface area contributed by atoms with Crippen molar-refractivity contribution in [1.82, 2.24) is 15.5 Å². The average molecular weight is 197 g/mol. The molecule has 0 aliphatic carbocycles. The number of hydrogen-bond acceptors (Lipinski definition) is 5. The van der Waals surface area contributed by atoms with Crippen LogP contribution in [0.3, 0.4) is 0 Å². The van der Waals surface area contributed by atoms with Gasteiger partial charge in [-0.1, -0.05) is 5.16 Å². The Bertz CT molecular complexity index is 281. The Morgan fingerprint density at radius 3 is 3.29 bits per heavy atom. The van der Waals surface area contributed by atoms with Gasteiger partial charge in [-0.25, -0.2) is 0 Å². The van der Waals surface area contributed by atoms with Crippen molar-refractivity contribution in [3.63, 3.8) is 0 Å². The van der Waals surface area contributed by atoms with Crippen LogP contribution in [0, 0.1) is 0 Å². The summed E-state index contributed by atoms with van der Waals surface area (Å²) in [7, 11) is 1.62. The lowest BCUT2D eigenvalue weighted by Crippen LogP contribution is -2.28. The van der Waals surface area contributed by atoms with Gasteiger partial charge < -0.3 is 14.6 Å². The molecular weight excluding hydrogens is 182 g/mol. The number of methoxy groups -OCH3 is 1. The first kappa shape index (κ1) is 9.61. The summed E-state index contributed by atoms with van der Waals surface area (Å²) in [4.78, 5) is 4.28. The van der Waals surface area contributed by atoms with Crippen LogP contribution >= 0.6 is 0 Å². The molecule has 0 saturated carbocycles. The Morgan fingerprint density at radius 1 is 1.64 bits per heavy atom. The zero-order valence-corrected chi connectivity index (χ0v) is 8.32. The average Bonchev–Trinajstić information content (AvgIpc) is 2.68. The lowest BCUT2D eigenvalue weighted by molar-refractivity contribution is 0.174. The standard InChI is InChI=1S/C9H15N3O2/c1-13-6-8-11-9(14-12-8)7-3-2-4-10-5-7/h7,10H,2-6H2,1H3/t7-/m0/s1. The van der Waals surface area contributed by atoms with Gasteiger partial charge in [0.15, 0.2) is 5.82 Å². The summed E-state index contributed by atoms with van der Waals surface area (Å²) in [5, 5.41) is 7.16. The van der Waals surface area contributed by atoms with Gasteiger partial charge in [0.25, 0.3) is 0 Å². The first-order valence-electron chi connectivity index (χ1n) is 4.92. The normalized spacial score (nSPS) is 22.5. The molecule has 0 unspecified atom stereocenters. The molecule has 0 radical (unpaired) electrons. The van der Waals surface area contributed by atoms with Crippen LogP contribution in [0.2, 0.25) is 0 Å². The molecule has 1 saturated heterocycles. The van der Waals surface area contributed by atoms with E-state index in [2.05, 4.69) is 15.5 Å². The van der Waals surface area contributed by atoms with E-state index >= 15 is 0 Å². The molecular formula is C9H15N3O2. The van der Waals surface area contributed by atoms with Crippen molar-refractivity contribution in [2.24, 2.45) is 0 Å². The molecule has 78 valence electrons. The van der Waals surface area contributed by atoms with Crippen LogP contribution in [0.5, 0.6) is 0 Å². The summed E-state index contributed by atoms with van der Waals surface area (Å²) in [5.41, 5.74) is 0. The van der Waals surface area contributed by atoms with Crippen molar-refractivity contribution >= 4 is 0 Å². The van der Waals surface area contributed by atoms with Crippen LogP contribution in [-0.4, -0.2) is 30.3 Å². The monoisotopic (exact) mass is 197 g/mol. The fraction of sp³-hybridized carbons (Fsp3) is 0.778. The lowest BCUT2D eigenvalue weighted by Gasteiger charge is -2.18. The van der Waals surface area contributed by atoms with E-state index in [9.17, 15) is 0 Å². The topological polar surface area (TPSA) is 60.2 Å². The minimum absolute atomic E-state index is 0.377. The zero-order valence-electron chi connectivity index (χ0n) is 8.32. The third-order valence-electron chi connectivity index (χ3n) is 2.40. The number of aromatic nitrogens is 2. The molecule has 1 fully saturated rings. The maximum atomic E-state index is 5.18. The Hall–Kier alpha value is -0.940. The lowest BCUT2D eigenvalue weighted by atomic mass is 10.00. The van der Waals surface area contributed by atoms with Gasteiger partial charge in [-0.05, 0) is 19.4 Å². The minimum Gasteiger partial charge on any atom is -0.377 e.